The van der Waals surface area contributed by atoms with Crippen LogP contribution in [0.4, 0.5) is 4.79 Å². The summed E-state index contributed by atoms with van der Waals surface area (Å²) in [6, 6.07) is 7.12. The van der Waals surface area contributed by atoms with E-state index in [1.54, 1.807) is 42.8 Å². The molecule has 0 aliphatic carbocycles. The van der Waals surface area contributed by atoms with Crippen molar-refractivity contribution in [2.24, 2.45) is 0 Å². The van der Waals surface area contributed by atoms with Crippen molar-refractivity contribution < 1.29 is 17.9 Å². The summed E-state index contributed by atoms with van der Waals surface area (Å²) in [6.07, 6.45) is -1.39. The van der Waals surface area contributed by atoms with Crippen molar-refractivity contribution in [1.29, 1.82) is 0 Å². The van der Waals surface area contributed by atoms with E-state index in [9.17, 15) is 13.2 Å². The van der Waals surface area contributed by atoms with E-state index in [-0.39, 0.29) is 12.6 Å². The van der Waals surface area contributed by atoms with Crippen LogP contribution >= 0.6 is 15.9 Å². The summed E-state index contributed by atoms with van der Waals surface area (Å²) in [5.41, 5.74) is 0.769. The Labute approximate surface area is 120 Å². The van der Waals surface area contributed by atoms with Crippen LogP contribution in [0.2, 0.25) is 0 Å². The Morgan fingerprint density at radius 1 is 1.32 bits per heavy atom. The SMILES string of the molecule is CC(C)OC(=O)NS(=O)(=O)NCc1ccc(Br)cc1. The molecule has 19 heavy (non-hydrogen) atoms. The molecule has 0 bridgehead atoms. The lowest BCUT2D eigenvalue weighted by Gasteiger charge is -2.10. The van der Waals surface area contributed by atoms with E-state index in [2.05, 4.69) is 25.4 Å². The van der Waals surface area contributed by atoms with Gasteiger partial charge >= 0.3 is 16.3 Å². The normalized spacial score (nSPS) is 11.4. The minimum absolute atomic E-state index is 0.0809. The second-order valence-electron chi connectivity index (χ2n) is 4.01. The Balaban J connectivity index is 2.51. The van der Waals surface area contributed by atoms with Gasteiger partial charge in [0.1, 0.15) is 0 Å². The van der Waals surface area contributed by atoms with Crippen LogP contribution in [0.25, 0.3) is 0 Å². The average Bonchev–Trinajstić information content (AvgIpc) is 2.26. The predicted octanol–water partition coefficient (Wildman–Crippen LogP) is 1.92. The van der Waals surface area contributed by atoms with Crippen LogP contribution in [0.5, 0.6) is 0 Å². The Kier molecular flexibility index (Phi) is 5.77. The molecule has 0 saturated heterocycles. The molecular weight excluding hydrogens is 336 g/mol. The van der Waals surface area contributed by atoms with Crippen molar-refractivity contribution in [3.63, 3.8) is 0 Å². The van der Waals surface area contributed by atoms with Gasteiger partial charge in [0.25, 0.3) is 0 Å². The number of ether oxygens (including phenoxy) is 1. The van der Waals surface area contributed by atoms with Crippen molar-refractivity contribution in [3.05, 3.63) is 34.3 Å². The second kappa shape index (κ2) is 6.88. The molecule has 1 amide bonds. The molecule has 0 radical (unpaired) electrons. The van der Waals surface area contributed by atoms with E-state index < -0.39 is 16.3 Å². The van der Waals surface area contributed by atoms with Gasteiger partial charge in [-0.2, -0.15) is 13.1 Å². The Hall–Kier alpha value is -1.12. The monoisotopic (exact) mass is 350 g/mol. The molecule has 8 heteroatoms. The van der Waals surface area contributed by atoms with Gasteiger partial charge in [-0.3, -0.25) is 0 Å². The smallest absolute Gasteiger partial charge is 0.422 e. The maximum absolute atomic E-state index is 11.5. The Morgan fingerprint density at radius 3 is 2.42 bits per heavy atom. The quantitative estimate of drug-likeness (QED) is 0.849. The molecule has 6 nitrogen and oxygen atoms in total. The lowest BCUT2D eigenvalue weighted by atomic mass is 10.2. The topological polar surface area (TPSA) is 84.5 Å². The third-order valence-electron chi connectivity index (χ3n) is 1.94. The number of rotatable bonds is 5. The van der Waals surface area contributed by atoms with Crippen molar-refractivity contribution >= 4 is 32.2 Å². The first-order valence-electron chi connectivity index (χ1n) is 5.51. The van der Waals surface area contributed by atoms with E-state index in [1.165, 1.54) is 0 Å². The maximum atomic E-state index is 11.5. The van der Waals surface area contributed by atoms with Gasteiger partial charge in [-0.05, 0) is 31.5 Å². The van der Waals surface area contributed by atoms with Crippen molar-refractivity contribution in [1.82, 2.24) is 9.44 Å². The summed E-state index contributed by atoms with van der Waals surface area (Å²) < 4.78 is 32.6. The van der Waals surface area contributed by atoms with Crippen molar-refractivity contribution in [2.45, 2.75) is 26.5 Å². The summed E-state index contributed by atoms with van der Waals surface area (Å²) in [7, 11) is -3.92. The fourth-order valence-corrected chi connectivity index (χ4v) is 2.13. The first-order chi connectivity index (χ1) is 8.78. The van der Waals surface area contributed by atoms with Gasteiger partial charge in [-0.15, -0.1) is 0 Å². The van der Waals surface area contributed by atoms with E-state index in [4.69, 9.17) is 0 Å². The molecule has 1 rings (SSSR count). The highest BCUT2D eigenvalue weighted by atomic mass is 79.9. The van der Waals surface area contributed by atoms with Gasteiger partial charge in [-0.25, -0.2) is 9.52 Å². The van der Waals surface area contributed by atoms with E-state index in [0.717, 1.165) is 10.0 Å². The first-order valence-corrected chi connectivity index (χ1v) is 7.78. The standard InChI is InChI=1S/C11H15BrN2O4S/c1-8(2)18-11(15)14-19(16,17)13-7-9-3-5-10(12)6-4-9/h3-6,8,13H,7H2,1-2H3,(H,14,15). The van der Waals surface area contributed by atoms with Crippen LogP contribution in [0, 0.1) is 0 Å². The summed E-state index contributed by atoms with van der Waals surface area (Å²) in [5, 5.41) is 0. The number of benzene rings is 1. The number of carbonyl (C=O) groups excluding carboxylic acids is 1. The molecule has 0 fully saturated rings. The van der Waals surface area contributed by atoms with Crippen LogP contribution in [0.3, 0.4) is 0 Å². The molecule has 0 heterocycles. The largest absolute Gasteiger partial charge is 0.446 e. The van der Waals surface area contributed by atoms with Gasteiger partial charge < -0.3 is 4.74 Å². The van der Waals surface area contributed by atoms with Gasteiger partial charge in [0.2, 0.25) is 0 Å². The zero-order chi connectivity index (χ0) is 14.5. The summed E-state index contributed by atoms with van der Waals surface area (Å²) >= 11 is 3.28. The fourth-order valence-electron chi connectivity index (χ4n) is 1.16. The van der Waals surface area contributed by atoms with Gasteiger partial charge in [-0.1, -0.05) is 28.1 Å². The van der Waals surface area contributed by atoms with Crippen LogP contribution in [-0.2, 0) is 21.5 Å². The van der Waals surface area contributed by atoms with E-state index >= 15 is 0 Å². The number of carbonyl (C=O) groups is 1. The number of amides is 1. The Bertz CT molecular complexity index is 528. The molecule has 0 unspecified atom stereocenters. The predicted molar refractivity (Wildman–Crippen MR) is 74.7 cm³/mol. The number of hydrogen-bond acceptors (Lipinski definition) is 4. The van der Waals surface area contributed by atoms with Crippen LogP contribution in [0.15, 0.2) is 28.7 Å². The molecule has 0 aliphatic heterocycles. The zero-order valence-corrected chi connectivity index (χ0v) is 12.9. The van der Waals surface area contributed by atoms with Gasteiger partial charge in [0.15, 0.2) is 0 Å². The minimum atomic E-state index is -3.92. The molecule has 1 aromatic carbocycles. The lowest BCUT2D eigenvalue weighted by molar-refractivity contribution is 0.121. The molecule has 0 aromatic heterocycles. The summed E-state index contributed by atoms with van der Waals surface area (Å²) in [4.78, 5) is 11.2. The number of nitrogens with one attached hydrogen (secondary N) is 2. The lowest BCUT2D eigenvalue weighted by Crippen LogP contribution is -2.40. The Morgan fingerprint density at radius 2 is 1.89 bits per heavy atom. The van der Waals surface area contributed by atoms with Crippen molar-refractivity contribution in [2.75, 3.05) is 0 Å². The van der Waals surface area contributed by atoms with Gasteiger partial charge in [0, 0.05) is 11.0 Å². The highest BCUT2D eigenvalue weighted by molar-refractivity contribution is 9.10. The highest BCUT2D eigenvalue weighted by Gasteiger charge is 2.15. The van der Waals surface area contributed by atoms with Gasteiger partial charge in [0.05, 0.1) is 6.10 Å². The third-order valence-corrected chi connectivity index (χ3v) is 3.43. The third kappa shape index (κ3) is 6.55. The number of halogens is 1. The van der Waals surface area contributed by atoms with E-state index in [0.29, 0.717) is 0 Å². The molecule has 0 spiro atoms. The maximum Gasteiger partial charge on any atom is 0.422 e. The summed E-state index contributed by atoms with van der Waals surface area (Å²) in [5.74, 6) is 0. The first kappa shape index (κ1) is 15.9. The zero-order valence-electron chi connectivity index (χ0n) is 10.5. The summed E-state index contributed by atoms with van der Waals surface area (Å²) in [6.45, 7) is 3.33. The second-order valence-corrected chi connectivity index (χ2v) is 6.42. The fraction of sp³-hybridized carbons (Fsp3) is 0.364. The van der Waals surface area contributed by atoms with E-state index in [1.807, 2.05) is 0 Å². The molecule has 2 N–H and O–H groups in total. The molecule has 0 saturated carbocycles. The van der Waals surface area contributed by atoms with Crippen LogP contribution < -0.4 is 9.44 Å². The molecular formula is C11H15BrN2O4S. The molecule has 1 aromatic rings. The molecule has 0 atom stereocenters. The van der Waals surface area contributed by atoms with Crippen LogP contribution in [0.1, 0.15) is 19.4 Å². The number of hydrogen-bond donors (Lipinski definition) is 2. The molecule has 106 valence electrons. The van der Waals surface area contributed by atoms with Crippen molar-refractivity contribution in [3.8, 4) is 0 Å². The van der Waals surface area contributed by atoms with Crippen LogP contribution in [-0.4, -0.2) is 20.6 Å². The average molecular weight is 351 g/mol. The highest BCUT2D eigenvalue weighted by Crippen LogP contribution is 2.10. The minimum Gasteiger partial charge on any atom is -0.446 e. The molecule has 0 aliphatic rings.